The number of carboxylic acids is 1. The van der Waals surface area contributed by atoms with Crippen LogP contribution in [0.3, 0.4) is 0 Å². The zero-order valence-electron chi connectivity index (χ0n) is 13.0. The van der Waals surface area contributed by atoms with Gasteiger partial charge in [0.1, 0.15) is 6.04 Å². The fourth-order valence-electron chi connectivity index (χ4n) is 1.91. The Kier molecular flexibility index (Phi) is 8.50. The Labute approximate surface area is 126 Å². The maximum absolute atomic E-state index is 12.1. The van der Waals surface area contributed by atoms with Crippen LogP contribution in [0.2, 0.25) is 0 Å². The van der Waals surface area contributed by atoms with Crippen molar-refractivity contribution in [1.82, 2.24) is 10.0 Å². The average Bonchev–Trinajstić information content (AvgIpc) is 2.24. The van der Waals surface area contributed by atoms with Crippen LogP contribution in [-0.2, 0) is 19.6 Å². The van der Waals surface area contributed by atoms with Crippen molar-refractivity contribution < 1.29 is 23.1 Å². The molecule has 0 aliphatic rings. The van der Waals surface area contributed by atoms with E-state index < -0.39 is 22.0 Å². The highest BCUT2D eigenvalue weighted by Gasteiger charge is 2.24. The van der Waals surface area contributed by atoms with Crippen LogP contribution >= 0.6 is 0 Å². The van der Waals surface area contributed by atoms with Gasteiger partial charge in [-0.1, -0.05) is 13.8 Å². The van der Waals surface area contributed by atoms with E-state index >= 15 is 0 Å². The lowest BCUT2D eigenvalue weighted by molar-refractivity contribution is -0.137. The molecule has 124 valence electrons. The predicted molar refractivity (Wildman–Crippen MR) is 80.3 cm³/mol. The normalized spacial score (nSPS) is 14.7. The van der Waals surface area contributed by atoms with E-state index in [1.165, 1.54) is 0 Å². The predicted octanol–water partition coefficient (Wildman–Crippen LogP) is 0.710. The Morgan fingerprint density at radius 2 is 1.76 bits per heavy atom. The summed E-state index contributed by atoms with van der Waals surface area (Å²) >= 11 is 0. The summed E-state index contributed by atoms with van der Waals surface area (Å²) in [5, 5.41) is 11.3. The number of carbonyl (C=O) groups is 2. The molecule has 0 spiro atoms. The summed E-state index contributed by atoms with van der Waals surface area (Å²) in [4.78, 5) is 22.5. The van der Waals surface area contributed by atoms with E-state index in [0.717, 1.165) is 6.26 Å². The van der Waals surface area contributed by atoms with Gasteiger partial charge in [0.25, 0.3) is 0 Å². The molecular formula is C13H26N2O5S. The Morgan fingerprint density at radius 3 is 2.19 bits per heavy atom. The number of sulfonamides is 1. The minimum absolute atomic E-state index is 0.0528. The smallest absolute Gasteiger partial charge is 0.303 e. The third-order valence-corrected chi connectivity index (χ3v) is 3.51. The quantitative estimate of drug-likeness (QED) is 0.548. The first-order valence-electron chi connectivity index (χ1n) is 7.00. The lowest BCUT2D eigenvalue weighted by atomic mass is 10.0. The molecule has 2 unspecified atom stereocenters. The molecule has 0 aromatic heterocycles. The topological polar surface area (TPSA) is 113 Å². The average molecular weight is 322 g/mol. The van der Waals surface area contributed by atoms with E-state index in [1.807, 2.05) is 13.8 Å². The lowest BCUT2D eigenvalue weighted by Crippen LogP contribution is -2.49. The lowest BCUT2D eigenvalue weighted by Gasteiger charge is -2.21. The van der Waals surface area contributed by atoms with E-state index in [2.05, 4.69) is 10.0 Å². The monoisotopic (exact) mass is 322 g/mol. The largest absolute Gasteiger partial charge is 0.481 e. The van der Waals surface area contributed by atoms with E-state index in [9.17, 15) is 18.0 Å². The summed E-state index contributed by atoms with van der Waals surface area (Å²) < 4.78 is 24.9. The zero-order chi connectivity index (χ0) is 16.6. The van der Waals surface area contributed by atoms with Gasteiger partial charge in [-0.05, 0) is 32.1 Å². The highest BCUT2D eigenvalue weighted by atomic mass is 32.2. The van der Waals surface area contributed by atoms with Crippen molar-refractivity contribution in [2.24, 2.45) is 5.92 Å². The summed E-state index contributed by atoms with van der Waals surface area (Å²) in [6, 6.07) is -1.00. The second kappa shape index (κ2) is 8.99. The third-order valence-electron chi connectivity index (χ3n) is 2.80. The summed E-state index contributed by atoms with van der Waals surface area (Å²) in [5.74, 6) is -1.08. The van der Waals surface area contributed by atoms with Crippen LogP contribution < -0.4 is 10.0 Å². The van der Waals surface area contributed by atoms with Gasteiger partial charge in [-0.25, -0.2) is 13.1 Å². The molecule has 0 aliphatic heterocycles. The molecule has 0 aromatic carbocycles. The molecule has 0 radical (unpaired) electrons. The van der Waals surface area contributed by atoms with Gasteiger partial charge < -0.3 is 10.4 Å². The first-order chi connectivity index (χ1) is 9.51. The Morgan fingerprint density at radius 1 is 1.19 bits per heavy atom. The van der Waals surface area contributed by atoms with Crippen LogP contribution in [-0.4, -0.2) is 43.7 Å². The fourth-order valence-corrected chi connectivity index (χ4v) is 2.63. The van der Waals surface area contributed by atoms with Gasteiger partial charge in [0.15, 0.2) is 0 Å². The molecule has 0 aliphatic carbocycles. The van der Waals surface area contributed by atoms with Crippen molar-refractivity contribution in [1.29, 1.82) is 0 Å². The maximum atomic E-state index is 12.1. The first-order valence-corrected chi connectivity index (χ1v) is 8.90. The minimum Gasteiger partial charge on any atom is -0.481 e. The van der Waals surface area contributed by atoms with Gasteiger partial charge in [-0.2, -0.15) is 0 Å². The van der Waals surface area contributed by atoms with Crippen molar-refractivity contribution in [2.45, 2.75) is 58.5 Å². The van der Waals surface area contributed by atoms with Crippen LogP contribution in [0.4, 0.5) is 0 Å². The van der Waals surface area contributed by atoms with Crippen molar-refractivity contribution in [3.8, 4) is 0 Å². The number of aliphatic carboxylic acids is 1. The molecular weight excluding hydrogens is 296 g/mol. The van der Waals surface area contributed by atoms with Gasteiger partial charge in [-0.15, -0.1) is 0 Å². The molecule has 3 N–H and O–H groups in total. The summed E-state index contributed by atoms with van der Waals surface area (Å²) in [6.07, 6.45) is 2.47. The van der Waals surface area contributed by atoms with Gasteiger partial charge in [0, 0.05) is 12.5 Å². The Bertz CT molecular complexity index is 447. The molecule has 0 saturated heterocycles. The molecule has 0 fully saturated rings. The van der Waals surface area contributed by atoms with Crippen LogP contribution in [0.15, 0.2) is 0 Å². The Hall–Kier alpha value is -1.15. The van der Waals surface area contributed by atoms with Crippen molar-refractivity contribution in [2.75, 3.05) is 6.26 Å². The highest BCUT2D eigenvalue weighted by molar-refractivity contribution is 7.88. The van der Waals surface area contributed by atoms with Crippen LogP contribution in [0.1, 0.15) is 46.5 Å². The number of carboxylic acid groups (broad SMARTS) is 1. The molecule has 8 heteroatoms. The summed E-state index contributed by atoms with van der Waals surface area (Å²) in [5.41, 5.74) is 0. The number of nitrogens with one attached hydrogen (secondary N) is 2. The molecule has 0 heterocycles. The number of amides is 1. The van der Waals surface area contributed by atoms with E-state index in [-0.39, 0.29) is 24.3 Å². The summed E-state index contributed by atoms with van der Waals surface area (Å²) in [6.45, 7) is 5.58. The van der Waals surface area contributed by atoms with Crippen LogP contribution in [0, 0.1) is 5.92 Å². The van der Waals surface area contributed by atoms with Crippen molar-refractivity contribution in [3.63, 3.8) is 0 Å². The SMILES string of the molecule is CC(C)CC(NS(C)(=O)=O)C(=O)NC(C)CCCC(=O)O. The van der Waals surface area contributed by atoms with Gasteiger partial charge >= 0.3 is 5.97 Å². The first kappa shape index (κ1) is 19.9. The molecule has 0 aromatic rings. The van der Waals surface area contributed by atoms with Gasteiger partial charge in [-0.3, -0.25) is 9.59 Å². The molecule has 7 nitrogen and oxygen atoms in total. The van der Waals surface area contributed by atoms with Crippen LogP contribution in [0.5, 0.6) is 0 Å². The summed E-state index contributed by atoms with van der Waals surface area (Å²) in [7, 11) is -3.47. The number of hydrogen-bond donors (Lipinski definition) is 3. The molecule has 0 bridgehead atoms. The zero-order valence-corrected chi connectivity index (χ0v) is 13.9. The molecule has 0 rings (SSSR count). The van der Waals surface area contributed by atoms with E-state index in [4.69, 9.17) is 5.11 Å². The maximum Gasteiger partial charge on any atom is 0.303 e. The standard InChI is InChI=1S/C13H26N2O5S/c1-9(2)8-11(15-21(4,19)20)13(18)14-10(3)6-5-7-12(16)17/h9-11,15H,5-8H2,1-4H3,(H,14,18)(H,16,17). The molecule has 21 heavy (non-hydrogen) atoms. The van der Waals surface area contributed by atoms with Crippen molar-refractivity contribution in [3.05, 3.63) is 0 Å². The second-order valence-corrected chi connectivity index (χ2v) is 7.55. The minimum atomic E-state index is -3.47. The molecule has 1 amide bonds. The van der Waals surface area contributed by atoms with E-state index in [1.54, 1.807) is 6.92 Å². The Balaban J connectivity index is 4.48. The van der Waals surface area contributed by atoms with Crippen molar-refractivity contribution >= 4 is 21.9 Å². The molecule has 0 saturated carbocycles. The number of rotatable bonds is 10. The number of carbonyl (C=O) groups excluding carboxylic acids is 1. The van der Waals surface area contributed by atoms with Gasteiger partial charge in [0.2, 0.25) is 15.9 Å². The second-order valence-electron chi connectivity index (χ2n) is 5.77. The van der Waals surface area contributed by atoms with Crippen LogP contribution in [0.25, 0.3) is 0 Å². The number of hydrogen-bond acceptors (Lipinski definition) is 4. The highest BCUT2D eigenvalue weighted by Crippen LogP contribution is 2.07. The fraction of sp³-hybridized carbons (Fsp3) is 0.846. The van der Waals surface area contributed by atoms with Gasteiger partial charge in [0.05, 0.1) is 6.26 Å². The molecule has 2 atom stereocenters. The van der Waals surface area contributed by atoms with E-state index in [0.29, 0.717) is 19.3 Å². The third kappa shape index (κ3) is 11.2.